The third-order valence-corrected chi connectivity index (χ3v) is 10.3. The van der Waals surface area contributed by atoms with Crippen LogP contribution in [0.3, 0.4) is 0 Å². The van der Waals surface area contributed by atoms with Crippen molar-refractivity contribution in [1.29, 1.82) is 0 Å². The number of aliphatic hydroxyl groups excluding tert-OH is 1. The Bertz CT molecular complexity index is 552. The lowest BCUT2D eigenvalue weighted by atomic mass is 9.45. The van der Waals surface area contributed by atoms with Gasteiger partial charge >= 0.3 is 0 Å². The molecule has 0 radical (unpaired) electrons. The highest BCUT2D eigenvalue weighted by molar-refractivity contribution is 8.01. The molecule has 3 aliphatic carbocycles. The number of hydrogen-bond acceptors (Lipinski definition) is 4. The van der Waals surface area contributed by atoms with Crippen LogP contribution < -0.4 is 0 Å². The van der Waals surface area contributed by atoms with Gasteiger partial charge < -0.3 is 9.84 Å². The van der Waals surface area contributed by atoms with E-state index >= 15 is 0 Å². The van der Waals surface area contributed by atoms with Crippen LogP contribution in [0.1, 0.15) is 73.1 Å². The first-order chi connectivity index (χ1) is 12.2. The molecule has 2 bridgehead atoms. The minimum absolute atomic E-state index is 0.00550. The number of aliphatic hydroxyl groups is 1. The summed E-state index contributed by atoms with van der Waals surface area (Å²) in [4.78, 5) is 13.7. The van der Waals surface area contributed by atoms with Gasteiger partial charge in [-0.2, -0.15) is 0 Å². The summed E-state index contributed by atoms with van der Waals surface area (Å²) >= 11 is 1.77. The molecule has 1 N–H and O–H groups in total. The second-order valence-electron chi connectivity index (χ2n) is 9.71. The third kappa shape index (κ3) is 2.73. The van der Waals surface area contributed by atoms with E-state index < -0.39 is 10.9 Å². The topological polar surface area (TPSA) is 46.5 Å². The Labute approximate surface area is 164 Å². The molecule has 0 aliphatic heterocycles. The number of carbonyl (C=O) groups is 1. The zero-order valence-electron chi connectivity index (χ0n) is 17.5. The van der Waals surface area contributed by atoms with Gasteiger partial charge in [0.25, 0.3) is 0 Å². The summed E-state index contributed by atoms with van der Waals surface area (Å²) in [5.41, 5.74) is -0.188. The van der Waals surface area contributed by atoms with Crippen molar-refractivity contribution in [3.63, 3.8) is 0 Å². The first-order valence-electron chi connectivity index (χ1n) is 10.6. The molecule has 4 heteroatoms. The summed E-state index contributed by atoms with van der Waals surface area (Å²) in [5, 5.41) is 11.5. The predicted octanol–water partition coefficient (Wildman–Crippen LogP) is 4.71. The molecule has 3 rings (SSSR count). The van der Waals surface area contributed by atoms with E-state index in [0.29, 0.717) is 18.1 Å². The Kier molecular flexibility index (Phi) is 5.63. The zero-order chi connectivity index (χ0) is 19.3. The van der Waals surface area contributed by atoms with E-state index in [0.717, 1.165) is 37.9 Å². The van der Waals surface area contributed by atoms with E-state index in [1.165, 1.54) is 0 Å². The summed E-state index contributed by atoms with van der Waals surface area (Å²) in [6, 6.07) is 0. The number of methoxy groups -OCH3 is 1. The first-order valence-corrected chi connectivity index (χ1v) is 11.5. The molecule has 150 valence electrons. The van der Waals surface area contributed by atoms with Gasteiger partial charge in [-0.15, -0.1) is 11.8 Å². The molecule has 26 heavy (non-hydrogen) atoms. The van der Waals surface area contributed by atoms with E-state index in [-0.39, 0.29) is 28.8 Å². The molecule has 0 aromatic carbocycles. The maximum atomic E-state index is 13.7. The zero-order valence-corrected chi connectivity index (χ0v) is 18.3. The molecule has 3 nitrogen and oxygen atoms in total. The van der Waals surface area contributed by atoms with Crippen LogP contribution in [0.5, 0.6) is 0 Å². The molecule has 2 unspecified atom stereocenters. The Morgan fingerprint density at radius 3 is 2.50 bits per heavy atom. The maximum absolute atomic E-state index is 13.7. The summed E-state index contributed by atoms with van der Waals surface area (Å²) in [6.07, 6.45) is 5.64. The fraction of sp³-hybridized carbons (Fsp3) is 0.955. The lowest BCUT2D eigenvalue weighted by Crippen LogP contribution is -2.63. The van der Waals surface area contributed by atoms with Gasteiger partial charge in [0.05, 0.1) is 17.0 Å². The monoisotopic (exact) mass is 382 g/mol. The fourth-order valence-corrected chi connectivity index (χ4v) is 8.11. The summed E-state index contributed by atoms with van der Waals surface area (Å²) in [6.45, 7) is 11.1. The molecule has 0 amide bonds. The van der Waals surface area contributed by atoms with Gasteiger partial charge in [0.15, 0.2) is 5.78 Å². The molecule has 0 aromatic heterocycles. The highest BCUT2D eigenvalue weighted by Crippen LogP contribution is 2.68. The predicted molar refractivity (Wildman–Crippen MR) is 108 cm³/mol. The van der Waals surface area contributed by atoms with Gasteiger partial charge in [-0.05, 0) is 68.5 Å². The van der Waals surface area contributed by atoms with E-state index in [2.05, 4.69) is 34.6 Å². The number of ether oxygens (including phenoxy) is 1. The molecule has 0 spiro atoms. The van der Waals surface area contributed by atoms with Crippen molar-refractivity contribution in [3.05, 3.63) is 0 Å². The number of rotatable bonds is 4. The summed E-state index contributed by atoms with van der Waals surface area (Å²) in [5.74, 6) is 2.12. The van der Waals surface area contributed by atoms with Crippen LogP contribution in [0, 0.1) is 28.6 Å². The Morgan fingerprint density at radius 2 is 1.88 bits per heavy atom. The smallest absolute Gasteiger partial charge is 0.152 e. The molecule has 0 saturated heterocycles. The Balaban J connectivity index is 2.12. The minimum atomic E-state index is -0.476. The van der Waals surface area contributed by atoms with Crippen molar-refractivity contribution in [3.8, 4) is 0 Å². The van der Waals surface area contributed by atoms with Crippen LogP contribution in [0.25, 0.3) is 0 Å². The van der Waals surface area contributed by atoms with Gasteiger partial charge in [-0.1, -0.05) is 27.7 Å². The first kappa shape index (κ1) is 20.7. The van der Waals surface area contributed by atoms with Crippen molar-refractivity contribution < 1.29 is 14.6 Å². The number of Topliss-reactive ketones (excluding diaryl/α,β-unsaturated/α-hetero) is 1. The van der Waals surface area contributed by atoms with E-state index in [1.807, 2.05) is 7.11 Å². The molecular formula is C22H38O3S. The molecule has 8 atom stereocenters. The van der Waals surface area contributed by atoms with Crippen LogP contribution in [0.2, 0.25) is 0 Å². The second kappa shape index (κ2) is 7.08. The van der Waals surface area contributed by atoms with Crippen molar-refractivity contribution in [2.75, 3.05) is 12.9 Å². The van der Waals surface area contributed by atoms with Crippen LogP contribution in [-0.4, -0.2) is 40.7 Å². The van der Waals surface area contributed by atoms with E-state index in [9.17, 15) is 9.90 Å². The van der Waals surface area contributed by atoms with Crippen molar-refractivity contribution in [2.45, 2.75) is 90.1 Å². The van der Waals surface area contributed by atoms with E-state index in [1.54, 1.807) is 11.8 Å². The Hall–Kier alpha value is -0.0600. The van der Waals surface area contributed by atoms with Gasteiger partial charge in [-0.25, -0.2) is 0 Å². The van der Waals surface area contributed by atoms with Crippen LogP contribution in [-0.2, 0) is 9.53 Å². The summed E-state index contributed by atoms with van der Waals surface area (Å²) in [7, 11) is 1.81. The standard InChI is InChI=1S/C22H38O3S/c1-7-12-26-20(4)13-17(23)21(5)14(2)8-10-22(15(3)19(20)24)11-9-16(25-6)18(21)22/h14-18,23H,7-13H2,1-6H3/t14-,15+,16-,17-,18?,20-,21+,22?/m1/s1. The average Bonchev–Trinajstić information content (AvgIpc) is 3.02. The quantitative estimate of drug-likeness (QED) is 0.765. The molecule has 3 saturated carbocycles. The number of carbonyl (C=O) groups excluding carboxylic acids is 1. The second-order valence-corrected chi connectivity index (χ2v) is 11.3. The Morgan fingerprint density at radius 1 is 1.23 bits per heavy atom. The number of thioether (sulfide) groups is 1. The molecular weight excluding hydrogens is 344 g/mol. The summed E-state index contributed by atoms with van der Waals surface area (Å²) < 4.78 is 5.47. The van der Waals surface area contributed by atoms with Crippen molar-refractivity contribution in [1.82, 2.24) is 0 Å². The highest BCUT2D eigenvalue weighted by Gasteiger charge is 2.67. The van der Waals surface area contributed by atoms with Crippen LogP contribution >= 0.6 is 11.8 Å². The van der Waals surface area contributed by atoms with Crippen molar-refractivity contribution in [2.24, 2.45) is 28.6 Å². The molecule has 0 heterocycles. The number of hydrogen-bond donors (Lipinski definition) is 1. The molecule has 0 aromatic rings. The van der Waals surface area contributed by atoms with Gasteiger partial charge in [0.1, 0.15) is 0 Å². The normalized spacial score (nSPS) is 51.7. The van der Waals surface area contributed by atoms with Crippen LogP contribution in [0.4, 0.5) is 0 Å². The van der Waals surface area contributed by atoms with Crippen molar-refractivity contribution >= 4 is 17.5 Å². The lowest BCUT2D eigenvalue weighted by Gasteiger charge is -2.61. The highest BCUT2D eigenvalue weighted by atomic mass is 32.2. The largest absolute Gasteiger partial charge is 0.392 e. The minimum Gasteiger partial charge on any atom is -0.392 e. The SMILES string of the molecule is CCCS[C@]1(C)C[C@@H](O)[C@@]2(C)C3[C@H](OC)CCC3(CC[C@H]2C)[C@@H](C)C1=O. The fourth-order valence-electron chi connectivity index (χ4n) is 6.86. The number of ketones is 1. The van der Waals surface area contributed by atoms with Gasteiger partial charge in [-0.3, -0.25) is 4.79 Å². The van der Waals surface area contributed by atoms with Crippen LogP contribution in [0.15, 0.2) is 0 Å². The molecule has 3 fully saturated rings. The van der Waals surface area contributed by atoms with Gasteiger partial charge in [0, 0.05) is 18.4 Å². The third-order valence-electron chi connectivity index (χ3n) is 8.67. The van der Waals surface area contributed by atoms with E-state index in [4.69, 9.17) is 4.74 Å². The average molecular weight is 383 g/mol. The molecule has 3 aliphatic rings. The maximum Gasteiger partial charge on any atom is 0.152 e. The lowest BCUT2D eigenvalue weighted by molar-refractivity contribution is -0.182. The van der Waals surface area contributed by atoms with Gasteiger partial charge in [0.2, 0.25) is 0 Å².